The van der Waals surface area contributed by atoms with Gasteiger partial charge in [0.05, 0.1) is 0 Å². The second-order valence-electron chi connectivity index (χ2n) is 5.41. The number of benzene rings is 1. The Morgan fingerprint density at radius 1 is 1.00 bits per heavy atom. The van der Waals surface area contributed by atoms with Crippen molar-refractivity contribution in [1.29, 1.82) is 0 Å². The third-order valence-electron chi connectivity index (χ3n) is 3.72. The molecule has 2 rings (SSSR count). The molecule has 17 heavy (non-hydrogen) atoms. The van der Waals surface area contributed by atoms with Gasteiger partial charge in [-0.1, -0.05) is 26.0 Å². The highest BCUT2D eigenvalue weighted by Crippen LogP contribution is 2.24. The van der Waals surface area contributed by atoms with Gasteiger partial charge in [0.1, 0.15) is 0 Å². The van der Waals surface area contributed by atoms with Crippen LogP contribution in [0.5, 0.6) is 0 Å². The van der Waals surface area contributed by atoms with Gasteiger partial charge in [-0.05, 0) is 42.9 Å². The first-order chi connectivity index (χ1) is 8.18. The highest BCUT2D eigenvalue weighted by molar-refractivity contribution is 5.48. The van der Waals surface area contributed by atoms with Gasteiger partial charge in [0.2, 0.25) is 0 Å². The molecule has 1 atom stereocenters. The average molecular weight is 232 g/mol. The first-order valence-corrected chi connectivity index (χ1v) is 6.79. The van der Waals surface area contributed by atoms with E-state index in [1.807, 2.05) is 0 Å². The van der Waals surface area contributed by atoms with Crippen LogP contribution in [0.3, 0.4) is 0 Å². The Labute approximate surface area is 105 Å². The van der Waals surface area contributed by atoms with Crippen LogP contribution in [-0.4, -0.2) is 13.1 Å². The zero-order valence-corrected chi connectivity index (χ0v) is 11.0. The van der Waals surface area contributed by atoms with Crippen molar-refractivity contribution >= 4 is 5.69 Å². The van der Waals surface area contributed by atoms with Crippen LogP contribution in [0.1, 0.15) is 44.7 Å². The van der Waals surface area contributed by atoms with Gasteiger partial charge >= 0.3 is 0 Å². The van der Waals surface area contributed by atoms with Crippen LogP contribution >= 0.6 is 0 Å². The predicted octanol–water partition coefficient (Wildman–Crippen LogP) is 3.33. The summed E-state index contributed by atoms with van der Waals surface area (Å²) in [7, 11) is 0. The van der Waals surface area contributed by atoms with Crippen LogP contribution in [0, 0.1) is 5.92 Å². The van der Waals surface area contributed by atoms with E-state index in [0.29, 0.717) is 5.92 Å². The van der Waals surface area contributed by atoms with E-state index in [9.17, 15) is 0 Å². The quantitative estimate of drug-likeness (QED) is 0.866. The van der Waals surface area contributed by atoms with Gasteiger partial charge in [0.25, 0.3) is 0 Å². The minimum Gasteiger partial charge on any atom is -0.372 e. The van der Waals surface area contributed by atoms with Crippen LogP contribution in [-0.2, 0) is 0 Å². The summed E-state index contributed by atoms with van der Waals surface area (Å²) >= 11 is 0. The highest BCUT2D eigenvalue weighted by Gasteiger charge is 2.13. The Kier molecular flexibility index (Phi) is 4.06. The van der Waals surface area contributed by atoms with Gasteiger partial charge in [-0.15, -0.1) is 0 Å². The van der Waals surface area contributed by atoms with Gasteiger partial charge in [-0.2, -0.15) is 0 Å². The van der Waals surface area contributed by atoms with E-state index in [-0.39, 0.29) is 6.04 Å². The fraction of sp³-hybridized carbons (Fsp3) is 0.600. The Morgan fingerprint density at radius 3 is 2.12 bits per heavy atom. The lowest BCUT2D eigenvalue weighted by Gasteiger charge is -2.29. The van der Waals surface area contributed by atoms with E-state index in [1.165, 1.54) is 43.6 Å². The molecule has 1 aromatic rings. The lowest BCUT2D eigenvalue weighted by Crippen LogP contribution is -2.29. The lowest BCUT2D eigenvalue weighted by molar-refractivity contribution is 0.514. The van der Waals surface area contributed by atoms with E-state index in [2.05, 4.69) is 43.0 Å². The van der Waals surface area contributed by atoms with E-state index >= 15 is 0 Å². The third-order valence-corrected chi connectivity index (χ3v) is 3.72. The number of hydrogen-bond acceptors (Lipinski definition) is 2. The molecule has 1 aliphatic heterocycles. The van der Waals surface area contributed by atoms with Crippen LogP contribution in [0.2, 0.25) is 0 Å². The van der Waals surface area contributed by atoms with Crippen LogP contribution in [0.15, 0.2) is 24.3 Å². The molecule has 1 aromatic carbocycles. The first kappa shape index (κ1) is 12.4. The van der Waals surface area contributed by atoms with E-state index < -0.39 is 0 Å². The standard InChI is InChI=1S/C15H24N2/c1-12(2)15(16)13-6-8-14(9-7-13)17-10-4-3-5-11-17/h6-9,12,15H,3-5,10-11,16H2,1-2H3/t15-/m0/s1. The summed E-state index contributed by atoms with van der Waals surface area (Å²) in [5.74, 6) is 0.496. The largest absolute Gasteiger partial charge is 0.372 e. The Bertz CT molecular complexity index is 336. The van der Waals surface area contributed by atoms with Gasteiger partial charge < -0.3 is 10.6 Å². The average Bonchev–Trinajstić information content (AvgIpc) is 2.39. The number of piperidine rings is 1. The van der Waals surface area contributed by atoms with E-state index in [1.54, 1.807) is 0 Å². The molecule has 2 N–H and O–H groups in total. The monoisotopic (exact) mass is 232 g/mol. The van der Waals surface area contributed by atoms with Crippen molar-refractivity contribution in [1.82, 2.24) is 0 Å². The molecule has 2 nitrogen and oxygen atoms in total. The number of anilines is 1. The van der Waals surface area contributed by atoms with E-state index in [0.717, 1.165) is 0 Å². The second kappa shape index (κ2) is 5.54. The molecule has 1 saturated heterocycles. The summed E-state index contributed by atoms with van der Waals surface area (Å²) in [6, 6.07) is 8.99. The zero-order chi connectivity index (χ0) is 12.3. The van der Waals surface area contributed by atoms with Crippen LogP contribution in [0.25, 0.3) is 0 Å². The fourth-order valence-corrected chi connectivity index (χ4v) is 2.44. The molecule has 0 unspecified atom stereocenters. The molecule has 1 aliphatic rings. The number of rotatable bonds is 3. The molecule has 0 saturated carbocycles. The van der Waals surface area contributed by atoms with Crippen molar-refractivity contribution in [2.75, 3.05) is 18.0 Å². The second-order valence-corrected chi connectivity index (χ2v) is 5.41. The molecule has 2 heteroatoms. The molecule has 0 bridgehead atoms. The van der Waals surface area contributed by atoms with Crippen molar-refractivity contribution < 1.29 is 0 Å². The van der Waals surface area contributed by atoms with Gasteiger partial charge in [-0.3, -0.25) is 0 Å². The van der Waals surface area contributed by atoms with Crippen molar-refractivity contribution in [3.05, 3.63) is 29.8 Å². The normalized spacial score (nSPS) is 18.5. The summed E-state index contributed by atoms with van der Waals surface area (Å²) < 4.78 is 0. The van der Waals surface area contributed by atoms with Crippen molar-refractivity contribution in [2.24, 2.45) is 11.7 Å². The van der Waals surface area contributed by atoms with Gasteiger partial charge in [0.15, 0.2) is 0 Å². The molecule has 0 aromatic heterocycles. The first-order valence-electron chi connectivity index (χ1n) is 6.79. The Hall–Kier alpha value is -1.02. The van der Waals surface area contributed by atoms with Crippen molar-refractivity contribution in [3.63, 3.8) is 0 Å². The van der Waals surface area contributed by atoms with Crippen LogP contribution < -0.4 is 10.6 Å². The molecule has 0 radical (unpaired) electrons. The SMILES string of the molecule is CC(C)[C@H](N)c1ccc(N2CCCCC2)cc1. The summed E-state index contributed by atoms with van der Waals surface area (Å²) in [5.41, 5.74) is 8.75. The molecular formula is C15H24N2. The summed E-state index contributed by atoms with van der Waals surface area (Å²) in [5, 5.41) is 0. The number of hydrogen-bond donors (Lipinski definition) is 1. The minimum atomic E-state index is 0.158. The maximum absolute atomic E-state index is 6.15. The number of nitrogens with two attached hydrogens (primary N) is 1. The lowest BCUT2D eigenvalue weighted by atomic mass is 9.97. The van der Waals surface area contributed by atoms with Crippen LogP contribution in [0.4, 0.5) is 5.69 Å². The topological polar surface area (TPSA) is 29.3 Å². The molecular weight excluding hydrogens is 208 g/mol. The van der Waals surface area contributed by atoms with Gasteiger partial charge in [0, 0.05) is 24.8 Å². The zero-order valence-electron chi connectivity index (χ0n) is 11.0. The molecule has 0 aliphatic carbocycles. The molecule has 1 fully saturated rings. The summed E-state index contributed by atoms with van der Waals surface area (Å²) in [6.07, 6.45) is 4.04. The van der Waals surface area contributed by atoms with E-state index in [4.69, 9.17) is 5.73 Å². The molecule has 1 heterocycles. The molecule has 0 amide bonds. The Balaban J connectivity index is 2.06. The maximum Gasteiger partial charge on any atom is 0.0366 e. The molecule has 0 spiro atoms. The molecule has 94 valence electrons. The fourth-order valence-electron chi connectivity index (χ4n) is 2.44. The highest BCUT2D eigenvalue weighted by atomic mass is 15.1. The van der Waals surface area contributed by atoms with Gasteiger partial charge in [-0.25, -0.2) is 0 Å². The Morgan fingerprint density at radius 2 is 1.59 bits per heavy atom. The predicted molar refractivity (Wildman–Crippen MR) is 74.3 cm³/mol. The smallest absolute Gasteiger partial charge is 0.0366 e. The van der Waals surface area contributed by atoms with Crippen molar-refractivity contribution in [2.45, 2.75) is 39.2 Å². The summed E-state index contributed by atoms with van der Waals surface area (Å²) in [6.45, 7) is 6.75. The maximum atomic E-state index is 6.15. The third kappa shape index (κ3) is 3.01. The van der Waals surface area contributed by atoms with Crippen molar-refractivity contribution in [3.8, 4) is 0 Å². The number of nitrogens with zero attached hydrogens (tertiary/aromatic N) is 1. The summed E-state index contributed by atoms with van der Waals surface area (Å²) in [4.78, 5) is 2.48. The minimum absolute atomic E-state index is 0.158.